The lowest BCUT2D eigenvalue weighted by atomic mass is 10.0. The Morgan fingerprint density at radius 3 is 2.50 bits per heavy atom. The summed E-state index contributed by atoms with van der Waals surface area (Å²) in [5.74, 6) is 0.877. The Bertz CT molecular complexity index is 767. The van der Waals surface area contributed by atoms with Gasteiger partial charge in [0.05, 0.1) is 12.2 Å². The van der Waals surface area contributed by atoms with Crippen molar-refractivity contribution in [1.29, 1.82) is 0 Å². The highest BCUT2D eigenvalue weighted by atomic mass is 127. The van der Waals surface area contributed by atoms with Crippen LogP contribution in [-0.2, 0) is 13.6 Å². The average Bonchev–Trinajstić information content (AvgIpc) is 3.15. The molecule has 2 heterocycles. The van der Waals surface area contributed by atoms with Gasteiger partial charge in [-0.25, -0.2) is 0 Å². The van der Waals surface area contributed by atoms with E-state index in [1.54, 1.807) is 0 Å². The van der Waals surface area contributed by atoms with Crippen molar-refractivity contribution in [3.05, 3.63) is 53.9 Å². The van der Waals surface area contributed by atoms with Crippen LogP contribution >= 0.6 is 24.0 Å². The Labute approximate surface area is 197 Å². The lowest BCUT2D eigenvalue weighted by Gasteiger charge is -2.33. The van der Waals surface area contributed by atoms with Gasteiger partial charge >= 0.3 is 0 Å². The van der Waals surface area contributed by atoms with Crippen LogP contribution in [0.5, 0.6) is 0 Å². The number of aromatic nitrogens is 2. The predicted octanol–water partition coefficient (Wildman–Crippen LogP) is 2.47. The van der Waals surface area contributed by atoms with Crippen molar-refractivity contribution in [2.75, 3.05) is 40.8 Å². The number of hydrogen-bond donors (Lipinski definition) is 2. The van der Waals surface area contributed by atoms with Crippen molar-refractivity contribution in [2.45, 2.75) is 31.5 Å². The average molecular weight is 525 g/mol. The first-order valence-corrected chi connectivity index (χ1v) is 10.4. The molecular formula is C22H36IN7. The molecule has 0 radical (unpaired) electrons. The smallest absolute Gasteiger partial charge is 0.191 e. The zero-order chi connectivity index (χ0) is 20.6. The monoisotopic (exact) mass is 525 g/mol. The van der Waals surface area contributed by atoms with Crippen LogP contribution in [0.25, 0.3) is 0 Å². The molecule has 1 fully saturated rings. The third-order valence-electron chi connectivity index (χ3n) is 5.60. The molecule has 1 aromatic carbocycles. The number of piperidine rings is 1. The van der Waals surface area contributed by atoms with Crippen LogP contribution in [-0.4, -0.2) is 72.4 Å². The van der Waals surface area contributed by atoms with Gasteiger partial charge in [0.2, 0.25) is 0 Å². The van der Waals surface area contributed by atoms with Gasteiger partial charge in [-0.05, 0) is 32.5 Å². The van der Waals surface area contributed by atoms with Gasteiger partial charge in [0.1, 0.15) is 0 Å². The predicted molar refractivity (Wildman–Crippen MR) is 134 cm³/mol. The normalized spacial score (nSPS) is 16.9. The van der Waals surface area contributed by atoms with E-state index < -0.39 is 0 Å². The topological polar surface area (TPSA) is 60.7 Å². The number of rotatable bonds is 7. The Morgan fingerprint density at radius 2 is 1.93 bits per heavy atom. The van der Waals surface area contributed by atoms with E-state index in [1.807, 2.05) is 25.0 Å². The van der Waals surface area contributed by atoms with E-state index in [4.69, 9.17) is 0 Å². The second-order valence-corrected chi connectivity index (χ2v) is 8.06. The summed E-state index contributed by atoms with van der Waals surface area (Å²) in [7, 11) is 7.99. The number of benzene rings is 1. The molecule has 1 aliphatic rings. The van der Waals surface area contributed by atoms with Gasteiger partial charge in [-0.3, -0.25) is 14.6 Å². The lowest BCUT2D eigenvalue weighted by Crippen LogP contribution is -2.49. The van der Waals surface area contributed by atoms with E-state index in [-0.39, 0.29) is 30.0 Å². The first-order chi connectivity index (χ1) is 14.0. The summed E-state index contributed by atoms with van der Waals surface area (Å²) in [6.07, 6.45) is 6.27. The van der Waals surface area contributed by atoms with E-state index in [0.29, 0.717) is 6.04 Å². The first-order valence-electron chi connectivity index (χ1n) is 10.4. The molecule has 1 saturated heterocycles. The molecule has 1 atom stereocenters. The number of likely N-dealkylation sites (tertiary alicyclic amines) is 1. The number of hydrogen-bond acceptors (Lipinski definition) is 4. The van der Waals surface area contributed by atoms with E-state index in [1.165, 1.54) is 11.1 Å². The van der Waals surface area contributed by atoms with Gasteiger partial charge in [-0.15, -0.1) is 24.0 Å². The summed E-state index contributed by atoms with van der Waals surface area (Å²) in [5.41, 5.74) is 2.59. The molecule has 1 aliphatic heterocycles. The van der Waals surface area contributed by atoms with Crippen LogP contribution in [0.2, 0.25) is 0 Å². The maximum absolute atomic E-state index is 4.44. The molecule has 166 valence electrons. The maximum atomic E-state index is 4.44. The fraction of sp³-hybridized carbons (Fsp3) is 0.545. The van der Waals surface area contributed by atoms with Crippen molar-refractivity contribution >= 4 is 29.9 Å². The van der Waals surface area contributed by atoms with Gasteiger partial charge in [0.15, 0.2) is 5.96 Å². The van der Waals surface area contributed by atoms with E-state index >= 15 is 0 Å². The molecule has 30 heavy (non-hydrogen) atoms. The second kappa shape index (κ2) is 12.3. The van der Waals surface area contributed by atoms with Gasteiger partial charge in [0.25, 0.3) is 0 Å². The van der Waals surface area contributed by atoms with E-state index in [0.717, 1.165) is 45.0 Å². The number of nitrogens with zero attached hydrogens (tertiary/aromatic N) is 5. The quantitative estimate of drug-likeness (QED) is 0.331. The Balaban J connectivity index is 0.00000320. The van der Waals surface area contributed by atoms with Gasteiger partial charge in [-0.1, -0.05) is 30.3 Å². The second-order valence-electron chi connectivity index (χ2n) is 8.06. The number of nitrogens with one attached hydrogen (secondary N) is 2. The number of aliphatic imine (C=N–C) groups is 1. The van der Waals surface area contributed by atoms with Crippen molar-refractivity contribution < 1.29 is 0 Å². The Hall–Kier alpha value is -1.65. The van der Waals surface area contributed by atoms with Gasteiger partial charge in [0, 0.05) is 58.1 Å². The number of likely N-dealkylation sites (N-methyl/N-ethyl adjacent to an activating group) is 1. The zero-order valence-corrected chi connectivity index (χ0v) is 20.9. The molecule has 2 aromatic rings. The molecule has 2 N–H and O–H groups in total. The van der Waals surface area contributed by atoms with E-state index in [2.05, 4.69) is 81.1 Å². The lowest BCUT2D eigenvalue weighted by molar-refractivity contribution is 0.198. The third kappa shape index (κ3) is 7.24. The van der Waals surface area contributed by atoms with Crippen LogP contribution in [0, 0.1) is 0 Å². The summed E-state index contributed by atoms with van der Waals surface area (Å²) < 4.78 is 1.85. The summed E-state index contributed by atoms with van der Waals surface area (Å²) in [6.45, 7) is 4.04. The minimum Gasteiger partial charge on any atom is -0.354 e. The summed E-state index contributed by atoms with van der Waals surface area (Å²) in [6, 6.07) is 11.4. The van der Waals surface area contributed by atoms with Crippen LogP contribution < -0.4 is 10.6 Å². The largest absolute Gasteiger partial charge is 0.354 e. The summed E-state index contributed by atoms with van der Waals surface area (Å²) in [5, 5.41) is 11.4. The maximum Gasteiger partial charge on any atom is 0.191 e. The molecule has 1 aromatic heterocycles. The molecular weight excluding hydrogens is 489 g/mol. The first kappa shape index (κ1) is 24.6. The Morgan fingerprint density at radius 1 is 1.23 bits per heavy atom. The molecule has 0 aliphatic carbocycles. The van der Waals surface area contributed by atoms with Gasteiger partial charge < -0.3 is 15.5 Å². The highest BCUT2D eigenvalue weighted by Crippen LogP contribution is 2.17. The van der Waals surface area contributed by atoms with E-state index in [9.17, 15) is 0 Å². The molecule has 0 saturated carbocycles. The molecule has 7 nitrogen and oxygen atoms in total. The number of aryl methyl sites for hydroxylation is 1. The highest BCUT2D eigenvalue weighted by molar-refractivity contribution is 14.0. The summed E-state index contributed by atoms with van der Waals surface area (Å²) in [4.78, 5) is 9.18. The highest BCUT2D eigenvalue weighted by Gasteiger charge is 2.21. The molecule has 0 amide bonds. The number of guanidine groups is 1. The molecule has 8 heteroatoms. The molecule has 0 spiro atoms. The van der Waals surface area contributed by atoms with Crippen LogP contribution in [0.1, 0.15) is 30.0 Å². The van der Waals surface area contributed by atoms with Crippen LogP contribution in [0.15, 0.2) is 47.7 Å². The fourth-order valence-corrected chi connectivity index (χ4v) is 3.87. The standard InChI is InChI=1S/C22H35N7.HI/c1-23-22(24-15-21(27(2)3)19-14-25-28(4)17-19)26-20-10-12-29(13-11-20)16-18-8-6-5-7-9-18;/h5-9,14,17,20-21H,10-13,15-16H2,1-4H3,(H2,23,24,26);1H. The Kier molecular flexibility index (Phi) is 10.1. The van der Waals surface area contributed by atoms with Crippen LogP contribution in [0.3, 0.4) is 0 Å². The van der Waals surface area contributed by atoms with Crippen molar-refractivity contribution in [3.8, 4) is 0 Å². The van der Waals surface area contributed by atoms with Crippen molar-refractivity contribution in [1.82, 2.24) is 30.2 Å². The molecule has 0 bridgehead atoms. The van der Waals surface area contributed by atoms with Crippen molar-refractivity contribution in [2.24, 2.45) is 12.0 Å². The fourth-order valence-electron chi connectivity index (χ4n) is 3.87. The SMILES string of the molecule is CN=C(NCC(c1cnn(C)c1)N(C)C)NC1CCN(Cc2ccccc2)CC1.I. The number of halogens is 1. The van der Waals surface area contributed by atoms with Crippen LogP contribution in [0.4, 0.5) is 0 Å². The minimum atomic E-state index is 0. The molecule has 1 unspecified atom stereocenters. The minimum absolute atomic E-state index is 0. The van der Waals surface area contributed by atoms with Crippen molar-refractivity contribution in [3.63, 3.8) is 0 Å². The summed E-state index contributed by atoms with van der Waals surface area (Å²) >= 11 is 0. The zero-order valence-electron chi connectivity index (χ0n) is 18.6. The third-order valence-corrected chi connectivity index (χ3v) is 5.60. The van der Waals surface area contributed by atoms with Gasteiger partial charge in [-0.2, -0.15) is 5.10 Å². The molecule has 3 rings (SSSR count).